The van der Waals surface area contributed by atoms with Crippen LogP contribution in [-0.4, -0.2) is 27.3 Å². The molecule has 0 spiro atoms. The molecule has 0 N–H and O–H groups in total. The number of aromatic nitrogens is 3. The minimum absolute atomic E-state index is 0.315. The van der Waals surface area contributed by atoms with Gasteiger partial charge in [0.1, 0.15) is 6.33 Å². The Morgan fingerprint density at radius 1 is 1.11 bits per heavy atom. The van der Waals surface area contributed by atoms with Crippen LogP contribution in [0, 0.1) is 0 Å². The van der Waals surface area contributed by atoms with Crippen LogP contribution in [0.1, 0.15) is 18.1 Å². The van der Waals surface area contributed by atoms with Crippen molar-refractivity contribution in [2.75, 3.05) is 6.61 Å². The fourth-order valence-electron chi connectivity index (χ4n) is 2.42. The van der Waals surface area contributed by atoms with E-state index in [9.17, 15) is 18.0 Å². The molecule has 0 radical (unpaired) electrons. The van der Waals surface area contributed by atoms with Crippen LogP contribution in [0.2, 0.25) is 0 Å². The van der Waals surface area contributed by atoms with E-state index in [1.165, 1.54) is 29.2 Å². The molecule has 0 aliphatic carbocycles. The maximum absolute atomic E-state index is 12.7. The molecule has 1 aromatic heterocycles. The number of benzene rings is 2. The Kier molecular flexibility index (Phi) is 5.58. The number of nitrogens with zero attached hydrogens (tertiary/aromatic N) is 3. The number of carbonyl (C=O) groups is 1. The number of hydrogen-bond donors (Lipinski definition) is 0. The topological polar surface area (TPSA) is 57.0 Å². The van der Waals surface area contributed by atoms with Gasteiger partial charge >= 0.3 is 12.1 Å². The van der Waals surface area contributed by atoms with Crippen molar-refractivity contribution in [1.82, 2.24) is 14.8 Å². The van der Waals surface area contributed by atoms with Gasteiger partial charge in [0, 0.05) is 11.6 Å². The summed E-state index contributed by atoms with van der Waals surface area (Å²) >= 11 is 0. The number of rotatable bonds is 5. The third kappa shape index (κ3) is 4.64. The lowest BCUT2D eigenvalue weighted by Crippen LogP contribution is -2.05. The Labute approximate surface area is 159 Å². The van der Waals surface area contributed by atoms with E-state index in [0.717, 1.165) is 23.3 Å². The highest BCUT2D eigenvalue weighted by atomic mass is 19.4. The highest BCUT2D eigenvalue weighted by molar-refractivity contribution is 5.87. The molecule has 0 unspecified atom stereocenters. The molecule has 0 aliphatic heterocycles. The SMILES string of the molecule is CCOC(=O)/C=C/c1ccc(-c2ncn(-c3ccc(C(F)(F)F)cc3)n2)cc1. The van der Waals surface area contributed by atoms with Gasteiger partial charge in [-0.3, -0.25) is 0 Å². The van der Waals surface area contributed by atoms with Crippen molar-refractivity contribution in [1.29, 1.82) is 0 Å². The summed E-state index contributed by atoms with van der Waals surface area (Å²) in [5.41, 5.74) is 1.29. The minimum Gasteiger partial charge on any atom is -0.463 e. The first-order valence-corrected chi connectivity index (χ1v) is 8.41. The lowest BCUT2D eigenvalue weighted by atomic mass is 10.1. The third-order valence-electron chi connectivity index (χ3n) is 3.82. The van der Waals surface area contributed by atoms with E-state index in [1.54, 1.807) is 37.3 Å². The van der Waals surface area contributed by atoms with Gasteiger partial charge in [0.25, 0.3) is 0 Å². The van der Waals surface area contributed by atoms with Gasteiger partial charge in [-0.05, 0) is 42.8 Å². The van der Waals surface area contributed by atoms with Crippen LogP contribution in [0.3, 0.4) is 0 Å². The summed E-state index contributed by atoms with van der Waals surface area (Å²) in [7, 11) is 0. The minimum atomic E-state index is -4.38. The van der Waals surface area contributed by atoms with Gasteiger partial charge in [-0.1, -0.05) is 24.3 Å². The molecule has 1 heterocycles. The number of carbonyl (C=O) groups excluding carboxylic acids is 1. The Morgan fingerprint density at radius 2 is 1.79 bits per heavy atom. The van der Waals surface area contributed by atoms with E-state index in [1.807, 2.05) is 0 Å². The fourth-order valence-corrected chi connectivity index (χ4v) is 2.42. The highest BCUT2D eigenvalue weighted by Gasteiger charge is 2.30. The molecule has 3 aromatic rings. The summed E-state index contributed by atoms with van der Waals surface area (Å²) in [5, 5.41) is 4.30. The van der Waals surface area contributed by atoms with E-state index in [-0.39, 0.29) is 0 Å². The molecule has 2 aromatic carbocycles. The number of alkyl halides is 3. The van der Waals surface area contributed by atoms with E-state index < -0.39 is 17.7 Å². The molecule has 0 atom stereocenters. The first kappa shape index (κ1) is 19.3. The molecule has 3 rings (SSSR count). The molecule has 0 bridgehead atoms. The number of halogens is 3. The summed E-state index contributed by atoms with van der Waals surface area (Å²) in [6.45, 7) is 2.05. The van der Waals surface area contributed by atoms with Crippen LogP contribution >= 0.6 is 0 Å². The second-order valence-corrected chi connectivity index (χ2v) is 5.76. The van der Waals surface area contributed by atoms with Gasteiger partial charge in [0.05, 0.1) is 17.9 Å². The van der Waals surface area contributed by atoms with Gasteiger partial charge < -0.3 is 4.74 Å². The standard InChI is InChI=1S/C20H16F3N3O2/c1-2-28-18(27)12-5-14-3-6-15(7-4-14)19-24-13-26(25-19)17-10-8-16(9-11-17)20(21,22)23/h3-13H,2H2,1H3/b12-5+. The van der Waals surface area contributed by atoms with Crippen molar-refractivity contribution in [2.24, 2.45) is 0 Å². The average molecular weight is 387 g/mol. The fraction of sp³-hybridized carbons (Fsp3) is 0.150. The van der Waals surface area contributed by atoms with Crippen molar-refractivity contribution >= 4 is 12.0 Å². The van der Waals surface area contributed by atoms with Gasteiger partial charge in [0.15, 0.2) is 5.82 Å². The van der Waals surface area contributed by atoms with E-state index >= 15 is 0 Å². The van der Waals surface area contributed by atoms with Crippen molar-refractivity contribution in [2.45, 2.75) is 13.1 Å². The second-order valence-electron chi connectivity index (χ2n) is 5.76. The summed E-state index contributed by atoms with van der Waals surface area (Å²) < 4.78 is 44.2. The largest absolute Gasteiger partial charge is 0.463 e. The zero-order chi connectivity index (χ0) is 20.1. The number of ether oxygens (including phenoxy) is 1. The predicted molar refractivity (Wildman–Crippen MR) is 97.5 cm³/mol. The number of hydrogen-bond acceptors (Lipinski definition) is 4. The Morgan fingerprint density at radius 3 is 2.39 bits per heavy atom. The number of esters is 1. The van der Waals surface area contributed by atoms with Gasteiger partial charge in [-0.25, -0.2) is 14.5 Å². The van der Waals surface area contributed by atoms with Crippen molar-refractivity contribution in [3.8, 4) is 17.1 Å². The normalized spacial score (nSPS) is 11.7. The third-order valence-corrected chi connectivity index (χ3v) is 3.82. The summed E-state index contributed by atoms with van der Waals surface area (Å²) in [4.78, 5) is 15.5. The molecule has 144 valence electrons. The van der Waals surface area contributed by atoms with Crippen LogP contribution in [0.5, 0.6) is 0 Å². The lowest BCUT2D eigenvalue weighted by molar-refractivity contribution is -0.138. The maximum atomic E-state index is 12.7. The van der Waals surface area contributed by atoms with Crippen molar-refractivity contribution in [3.63, 3.8) is 0 Å². The zero-order valence-electron chi connectivity index (χ0n) is 14.8. The van der Waals surface area contributed by atoms with Gasteiger partial charge in [-0.15, -0.1) is 5.10 Å². The predicted octanol–water partition coefficient (Wildman–Crippen LogP) is 4.53. The first-order valence-electron chi connectivity index (χ1n) is 8.41. The molecular formula is C20H16F3N3O2. The molecule has 5 nitrogen and oxygen atoms in total. The van der Waals surface area contributed by atoms with E-state index in [0.29, 0.717) is 18.1 Å². The smallest absolute Gasteiger partial charge is 0.416 e. The second kappa shape index (κ2) is 8.08. The zero-order valence-corrected chi connectivity index (χ0v) is 14.8. The van der Waals surface area contributed by atoms with Crippen molar-refractivity contribution in [3.05, 3.63) is 72.1 Å². The van der Waals surface area contributed by atoms with Gasteiger partial charge in [-0.2, -0.15) is 13.2 Å². The lowest BCUT2D eigenvalue weighted by Gasteiger charge is -2.07. The molecule has 0 amide bonds. The van der Waals surface area contributed by atoms with Gasteiger partial charge in [0.2, 0.25) is 0 Å². The summed E-state index contributed by atoms with van der Waals surface area (Å²) in [5.74, 6) is 0.0179. The quantitative estimate of drug-likeness (QED) is 0.477. The maximum Gasteiger partial charge on any atom is 0.416 e. The van der Waals surface area contributed by atoms with E-state index in [4.69, 9.17) is 4.74 Å². The molecular weight excluding hydrogens is 371 g/mol. The molecule has 0 saturated heterocycles. The van der Waals surface area contributed by atoms with Crippen LogP contribution in [0.4, 0.5) is 13.2 Å². The molecule has 8 heteroatoms. The molecule has 0 fully saturated rings. The Hall–Kier alpha value is -3.42. The van der Waals surface area contributed by atoms with E-state index in [2.05, 4.69) is 10.1 Å². The van der Waals surface area contributed by atoms with Crippen LogP contribution < -0.4 is 0 Å². The molecule has 0 saturated carbocycles. The van der Waals surface area contributed by atoms with Crippen molar-refractivity contribution < 1.29 is 22.7 Å². The first-order chi connectivity index (χ1) is 13.4. The average Bonchev–Trinajstić information content (AvgIpc) is 3.17. The van der Waals surface area contributed by atoms with Crippen LogP contribution in [0.15, 0.2) is 60.9 Å². The summed E-state index contributed by atoms with van der Waals surface area (Å²) in [6, 6.07) is 11.8. The Balaban J connectivity index is 1.74. The summed E-state index contributed by atoms with van der Waals surface area (Å²) in [6.07, 6.45) is 0.0358. The Bertz CT molecular complexity index is 975. The van der Waals surface area contributed by atoms with Crippen LogP contribution in [-0.2, 0) is 15.7 Å². The molecule has 0 aliphatic rings. The van der Waals surface area contributed by atoms with Crippen LogP contribution in [0.25, 0.3) is 23.2 Å². The molecule has 28 heavy (non-hydrogen) atoms. The highest BCUT2D eigenvalue weighted by Crippen LogP contribution is 2.29. The monoisotopic (exact) mass is 387 g/mol.